The number of nitrogens with zero attached hydrogens (tertiary/aromatic N) is 1. The van der Waals surface area contributed by atoms with Crippen LogP contribution in [0.1, 0.15) is 95.8 Å². The Hall–Kier alpha value is -2.80. The second-order valence-electron chi connectivity index (χ2n) is 10.5. The minimum absolute atomic E-state index is 0.195. The van der Waals surface area contributed by atoms with Gasteiger partial charge in [-0.2, -0.15) is 0 Å². The van der Waals surface area contributed by atoms with Crippen LogP contribution in [0.2, 0.25) is 0 Å². The van der Waals surface area contributed by atoms with Gasteiger partial charge in [0.25, 0.3) is 0 Å². The van der Waals surface area contributed by atoms with E-state index in [9.17, 15) is 0 Å². The van der Waals surface area contributed by atoms with E-state index in [1.165, 1.54) is 73.9 Å². The number of aryl methyl sites for hydroxylation is 1. The van der Waals surface area contributed by atoms with Crippen LogP contribution in [0, 0.1) is 0 Å². The molecule has 0 bridgehead atoms. The molecule has 0 fully saturated rings. The molecule has 0 saturated carbocycles. The van der Waals surface area contributed by atoms with Crippen molar-refractivity contribution in [2.45, 2.75) is 90.9 Å². The minimum Gasteiger partial charge on any atom is -0.310 e. The highest BCUT2D eigenvalue weighted by atomic mass is 15.1. The number of benzene rings is 3. The molecule has 0 heterocycles. The molecule has 186 valence electrons. The molecule has 0 amide bonds. The second-order valence-corrected chi connectivity index (χ2v) is 10.5. The van der Waals surface area contributed by atoms with Crippen LogP contribution >= 0.6 is 0 Å². The number of hydrogen-bond acceptors (Lipinski definition) is 1. The lowest BCUT2D eigenvalue weighted by Crippen LogP contribution is -2.17. The molecule has 0 saturated heterocycles. The Bertz CT molecular complexity index is 1030. The summed E-state index contributed by atoms with van der Waals surface area (Å²) in [6.07, 6.45) is 13.4. The maximum atomic E-state index is 3.98. The second kappa shape index (κ2) is 13.3. The summed E-state index contributed by atoms with van der Waals surface area (Å²) in [6.45, 7) is 13.3. The number of anilines is 3. The van der Waals surface area contributed by atoms with Crippen LogP contribution in [0.5, 0.6) is 0 Å². The summed E-state index contributed by atoms with van der Waals surface area (Å²) in [7, 11) is 0. The molecular formula is C34H45N. The van der Waals surface area contributed by atoms with Crippen molar-refractivity contribution in [2.75, 3.05) is 4.90 Å². The fourth-order valence-electron chi connectivity index (χ4n) is 4.83. The van der Waals surface area contributed by atoms with Gasteiger partial charge in [-0.3, -0.25) is 0 Å². The predicted octanol–water partition coefficient (Wildman–Crippen LogP) is 10.8. The largest absolute Gasteiger partial charge is 0.310 e. The van der Waals surface area contributed by atoms with Crippen LogP contribution in [0.4, 0.5) is 17.1 Å². The van der Waals surface area contributed by atoms with Crippen LogP contribution in [0.3, 0.4) is 0 Å². The lowest BCUT2D eigenvalue weighted by Gasteiger charge is -2.29. The van der Waals surface area contributed by atoms with Crippen molar-refractivity contribution >= 4 is 23.1 Å². The summed E-state index contributed by atoms with van der Waals surface area (Å²) in [5.74, 6) is 0. The third-order valence-corrected chi connectivity index (χ3v) is 7.19. The highest BCUT2D eigenvalue weighted by Crippen LogP contribution is 2.37. The Kier molecular flexibility index (Phi) is 10.2. The fourth-order valence-corrected chi connectivity index (χ4v) is 4.83. The highest BCUT2D eigenvalue weighted by Gasteiger charge is 2.21. The first-order valence-electron chi connectivity index (χ1n) is 13.7. The van der Waals surface area contributed by atoms with Crippen LogP contribution < -0.4 is 4.90 Å². The van der Waals surface area contributed by atoms with Gasteiger partial charge in [0.05, 0.1) is 0 Å². The molecule has 3 aromatic rings. The van der Waals surface area contributed by atoms with E-state index < -0.39 is 0 Å². The van der Waals surface area contributed by atoms with Gasteiger partial charge in [0.2, 0.25) is 0 Å². The molecule has 0 aliphatic heterocycles. The third kappa shape index (κ3) is 7.59. The Balaban J connectivity index is 1.89. The summed E-state index contributed by atoms with van der Waals surface area (Å²) in [5, 5.41) is 0. The molecule has 0 radical (unpaired) electrons. The van der Waals surface area contributed by atoms with Gasteiger partial charge < -0.3 is 4.90 Å². The first kappa shape index (κ1) is 26.8. The molecule has 0 spiro atoms. The average Bonchev–Trinajstić information content (AvgIpc) is 2.88. The average molecular weight is 468 g/mol. The van der Waals surface area contributed by atoms with Gasteiger partial charge in [-0.15, -0.1) is 0 Å². The summed E-state index contributed by atoms with van der Waals surface area (Å²) in [4.78, 5) is 2.36. The zero-order valence-electron chi connectivity index (χ0n) is 22.5. The van der Waals surface area contributed by atoms with Crippen LogP contribution in [0.25, 0.3) is 6.08 Å². The first-order chi connectivity index (χ1) is 17.0. The summed E-state index contributed by atoms with van der Waals surface area (Å²) in [5.41, 5.74) is 7.71. The van der Waals surface area contributed by atoms with Gasteiger partial charge >= 0.3 is 0 Å². The first-order valence-corrected chi connectivity index (χ1v) is 13.7. The van der Waals surface area contributed by atoms with E-state index in [1.54, 1.807) is 0 Å². The van der Waals surface area contributed by atoms with Gasteiger partial charge in [-0.05, 0) is 77.8 Å². The molecule has 35 heavy (non-hydrogen) atoms. The van der Waals surface area contributed by atoms with Gasteiger partial charge in [-0.1, -0.05) is 115 Å². The van der Waals surface area contributed by atoms with Crippen molar-refractivity contribution in [3.05, 3.63) is 96.1 Å². The van der Waals surface area contributed by atoms with Crippen molar-refractivity contribution in [2.24, 2.45) is 0 Å². The summed E-state index contributed by atoms with van der Waals surface area (Å²) >= 11 is 0. The van der Waals surface area contributed by atoms with Crippen molar-refractivity contribution in [3.63, 3.8) is 0 Å². The molecule has 0 aliphatic carbocycles. The number of rotatable bonds is 14. The Morgan fingerprint density at radius 2 is 1.34 bits per heavy atom. The highest BCUT2D eigenvalue weighted by molar-refractivity contribution is 5.78. The zero-order valence-corrected chi connectivity index (χ0v) is 22.5. The Morgan fingerprint density at radius 1 is 0.714 bits per heavy atom. The van der Waals surface area contributed by atoms with Crippen molar-refractivity contribution in [1.82, 2.24) is 0 Å². The van der Waals surface area contributed by atoms with E-state index in [-0.39, 0.29) is 5.41 Å². The third-order valence-electron chi connectivity index (χ3n) is 7.19. The van der Waals surface area contributed by atoms with Gasteiger partial charge in [0.1, 0.15) is 0 Å². The summed E-state index contributed by atoms with van der Waals surface area (Å²) in [6, 6.07) is 27.0. The summed E-state index contributed by atoms with van der Waals surface area (Å²) < 4.78 is 0. The molecule has 0 N–H and O–H groups in total. The SMILES string of the molecule is C=Cc1cccc(N(c2ccc(CCCCCC)cc2)c2ccc(C(C)(C)CCCCC)cc2)c1. The van der Waals surface area contributed by atoms with E-state index in [1.807, 2.05) is 6.08 Å². The smallest absolute Gasteiger partial charge is 0.0467 e. The van der Waals surface area contributed by atoms with Gasteiger partial charge in [-0.25, -0.2) is 0 Å². The van der Waals surface area contributed by atoms with E-state index in [0.29, 0.717) is 0 Å². The predicted molar refractivity (Wildman–Crippen MR) is 156 cm³/mol. The molecule has 3 rings (SSSR count). The van der Waals surface area contributed by atoms with E-state index >= 15 is 0 Å². The lowest BCUT2D eigenvalue weighted by molar-refractivity contribution is 0.450. The van der Waals surface area contributed by atoms with Crippen molar-refractivity contribution in [1.29, 1.82) is 0 Å². The zero-order chi connectivity index (χ0) is 25.1. The van der Waals surface area contributed by atoms with E-state index in [0.717, 1.165) is 17.7 Å². The quantitative estimate of drug-likeness (QED) is 0.213. The lowest BCUT2D eigenvalue weighted by atomic mass is 9.80. The maximum Gasteiger partial charge on any atom is 0.0467 e. The molecule has 0 atom stereocenters. The van der Waals surface area contributed by atoms with E-state index in [2.05, 4.69) is 112 Å². The Labute approximate surface area is 214 Å². The van der Waals surface area contributed by atoms with Crippen molar-refractivity contribution in [3.8, 4) is 0 Å². The monoisotopic (exact) mass is 467 g/mol. The van der Waals surface area contributed by atoms with Gasteiger partial charge in [0, 0.05) is 17.1 Å². The molecule has 3 aromatic carbocycles. The molecule has 1 heteroatoms. The standard InChI is InChI=1S/C34H45N/c1-6-9-11-12-15-29-18-22-31(23-19-29)35(33-17-14-16-28(8-3)27-33)32-24-20-30(21-25-32)34(4,5)26-13-10-7-2/h8,14,16-25,27H,3,6-7,9-13,15,26H2,1-2,4-5H3. The topological polar surface area (TPSA) is 3.24 Å². The fraction of sp³-hybridized carbons (Fsp3) is 0.412. The Morgan fingerprint density at radius 3 is 1.97 bits per heavy atom. The number of hydrogen-bond donors (Lipinski definition) is 0. The van der Waals surface area contributed by atoms with Crippen LogP contribution in [-0.2, 0) is 11.8 Å². The molecule has 0 unspecified atom stereocenters. The maximum absolute atomic E-state index is 3.98. The number of unbranched alkanes of at least 4 members (excludes halogenated alkanes) is 5. The van der Waals surface area contributed by atoms with Gasteiger partial charge in [0.15, 0.2) is 0 Å². The minimum atomic E-state index is 0.195. The van der Waals surface area contributed by atoms with Crippen LogP contribution in [0.15, 0.2) is 79.4 Å². The molecular weight excluding hydrogens is 422 g/mol. The normalized spacial score (nSPS) is 11.4. The molecule has 1 nitrogen and oxygen atoms in total. The molecule has 0 aliphatic rings. The van der Waals surface area contributed by atoms with E-state index in [4.69, 9.17) is 0 Å². The van der Waals surface area contributed by atoms with Crippen LogP contribution in [-0.4, -0.2) is 0 Å². The molecule has 0 aromatic heterocycles. The van der Waals surface area contributed by atoms with Crippen molar-refractivity contribution < 1.29 is 0 Å².